The average Bonchev–Trinajstić information content (AvgIpc) is 2.68. The summed E-state index contributed by atoms with van der Waals surface area (Å²) in [5.74, 6) is 0.0541. The maximum Gasteiger partial charge on any atom is 0.265 e. The molecule has 1 amide bonds. The lowest BCUT2D eigenvalue weighted by Crippen LogP contribution is -2.35. The van der Waals surface area contributed by atoms with Crippen molar-refractivity contribution >= 4 is 28.2 Å². The zero-order valence-electron chi connectivity index (χ0n) is 10.9. The average molecular weight is 272 g/mol. The molecule has 1 aromatic heterocycles. The summed E-state index contributed by atoms with van der Waals surface area (Å²) in [6.45, 7) is 7.62. The predicted octanol–water partition coefficient (Wildman–Crippen LogP) is 1.31. The number of amides is 1. The second kappa shape index (κ2) is 7.17. The Hall–Kier alpha value is -1.34. The van der Waals surface area contributed by atoms with Crippen LogP contribution >= 0.6 is 11.3 Å². The lowest BCUT2D eigenvalue weighted by molar-refractivity contribution is 0.0876. The molecule has 1 heterocycles. The Bertz CT molecular complexity index is 394. The Morgan fingerprint density at radius 3 is 2.89 bits per heavy atom. The van der Waals surface area contributed by atoms with Gasteiger partial charge in [-0.1, -0.05) is 11.3 Å². The molecule has 0 fully saturated rings. The highest BCUT2D eigenvalue weighted by Gasteiger charge is 2.17. The Balaban J connectivity index is 2.60. The van der Waals surface area contributed by atoms with Gasteiger partial charge in [0.25, 0.3) is 5.91 Å². The smallest absolute Gasteiger partial charge is 0.265 e. The maximum atomic E-state index is 12.0. The first-order valence-electron chi connectivity index (χ1n) is 5.97. The number of thiazole rings is 1. The molecule has 1 unspecified atom stereocenters. The second-order valence-electron chi connectivity index (χ2n) is 3.80. The molecule has 0 saturated heterocycles. The molecular weight excluding hydrogens is 252 g/mol. The largest absolute Gasteiger partial charge is 0.382 e. The van der Waals surface area contributed by atoms with E-state index in [0.717, 1.165) is 6.54 Å². The SMILES string of the molecule is CCNc1nc(N)c(C(=O)NC(C)COCC)s1. The third-order valence-electron chi connectivity index (χ3n) is 2.14. The van der Waals surface area contributed by atoms with Crippen molar-refractivity contribution in [3.05, 3.63) is 4.88 Å². The minimum atomic E-state index is -0.207. The van der Waals surface area contributed by atoms with Crippen molar-refractivity contribution in [2.24, 2.45) is 0 Å². The number of hydrogen-bond donors (Lipinski definition) is 3. The molecule has 0 aliphatic rings. The van der Waals surface area contributed by atoms with Gasteiger partial charge in [0, 0.05) is 19.2 Å². The fraction of sp³-hybridized carbons (Fsp3) is 0.636. The topological polar surface area (TPSA) is 89.3 Å². The molecule has 102 valence electrons. The van der Waals surface area contributed by atoms with Crippen LogP contribution in [-0.4, -0.2) is 36.7 Å². The molecule has 6 nitrogen and oxygen atoms in total. The predicted molar refractivity (Wildman–Crippen MR) is 74.1 cm³/mol. The van der Waals surface area contributed by atoms with E-state index in [9.17, 15) is 4.79 Å². The Morgan fingerprint density at radius 2 is 2.28 bits per heavy atom. The Kier molecular flexibility index (Phi) is 5.87. The van der Waals surface area contributed by atoms with Gasteiger partial charge < -0.3 is 21.1 Å². The minimum Gasteiger partial charge on any atom is -0.382 e. The lowest BCUT2D eigenvalue weighted by Gasteiger charge is -2.12. The summed E-state index contributed by atoms with van der Waals surface area (Å²) in [5, 5.41) is 6.52. The second-order valence-corrected chi connectivity index (χ2v) is 4.80. The van der Waals surface area contributed by atoms with E-state index in [1.165, 1.54) is 11.3 Å². The number of carbonyl (C=O) groups excluding carboxylic acids is 1. The number of nitrogen functional groups attached to an aromatic ring is 1. The molecule has 0 bridgehead atoms. The maximum absolute atomic E-state index is 12.0. The van der Waals surface area contributed by atoms with Crippen LogP contribution in [0.5, 0.6) is 0 Å². The lowest BCUT2D eigenvalue weighted by atomic mass is 10.3. The standard InChI is InChI=1S/C11H20N4O2S/c1-4-13-11-15-9(12)8(18-11)10(16)14-7(3)6-17-5-2/h7H,4-6,12H2,1-3H3,(H,13,15)(H,14,16). The minimum absolute atomic E-state index is 0.0541. The first kappa shape index (κ1) is 14.7. The molecule has 18 heavy (non-hydrogen) atoms. The van der Waals surface area contributed by atoms with E-state index in [0.29, 0.717) is 23.2 Å². The number of anilines is 2. The van der Waals surface area contributed by atoms with Crippen LogP contribution in [0, 0.1) is 0 Å². The van der Waals surface area contributed by atoms with Crippen LogP contribution in [0.4, 0.5) is 10.9 Å². The van der Waals surface area contributed by atoms with Crippen LogP contribution in [-0.2, 0) is 4.74 Å². The number of nitrogens with two attached hydrogens (primary N) is 1. The fourth-order valence-electron chi connectivity index (χ4n) is 1.35. The van der Waals surface area contributed by atoms with Gasteiger partial charge in [-0.25, -0.2) is 4.98 Å². The zero-order chi connectivity index (χ0) is 13.5. The van der Waals surface area contributed by atoms with Crippen LogP contribution < -0.4 is 16.4 Å². The highest BCUT2D eigenvalue weighted by Crippen LogP contribution is 2.24. The van der Waals surface area contributed by atoms with Gasteiger partial charge in [0.2, 0.25) is 0 Å². The van der Waals surface area contributed by atoms with Gasteiger partial charge in [0.1, 0.15) is 10.7 Å². The van der Waals surface area contributed by atoms with E-state index < -0.39 is 0 Å². The van der Waals surface area contributed by atoms with Crippen molar-refractivity contribution in [1.82, 2.24) is 10.3 Å². The van der Waals surface area contributed by atoms with Crippen molar-refractivity contribution in [3.8, 4) is 0 Å². The zero-order valence-corrected chi connectivity index (χ0v) is 11.8. The molecule has 0 aliphatic heterocycles. The number of nitrogens with zero attached hydrogens (tertiary/aromatic N) is 1. The fourth-order valence-corrected chi connectivity index (χ4v) is 2.20. The monoisotopic (exact) mass is 272 g/mol. The molecule has 0 aromatic carbocycles. The molecule has 4 N–H and O–H groups in total. The number of ether oxygens (including phenoxy) is 1. The van der Waals surface area contributed by atoms with E-state index in [4.69, 9.17) is 10.5 Å². The van der Waals surface area contributed by atoms with Crippen molar-refractivity contribution < 1.29 is 9.53 Å². The molecule has 0 radical (unpaired) electrons. The van der Waals surface area contributed by atoms with E-state index in [2.05, 4.69) is 15.6 Å². The van der Waals surface area contributed by atoms with Crippen molar-refractivity contribution in [2.45, 2.75) is 26.8 Å². The Morgan fingerprint density at radius 1 is 1.56 bits per heavy atom. The van der Waals surface area contributed by atoms with Gasteiger partial charge in [-0.2, -0.15) is 0 Å². The van der Waals surface area contributed by atoms with E-state index in [1.807, 2.05) is 20.8 Å². The van der Waals surface area contributed by atoms with Gasteiger partial charge in [-0.05, 0) is 20.8 Å². The van der Waals surface area contributed by atoms with Gasteiger partial charge in [-0.3, -0.25) is 4.79 Å². The van der Waals surface area contributed by atoms with E-state index >= 15 is 0 Å². The Labute approximate surface area is 111 Å². The summed E-state index contributed by atoms with van der Waals surface area (Å²) in [4.78, 5) is 16.5. The third kappa shape index (κ3) is 4.15. The molecule has 0 aliphatic carbocycles. The molecule has 1 atom stereocenters. The molecule has 0 saturated carbocycles. The summed E-state index contributed by atoms with van der Waals surface area (Å²) in [7, 11) is 0. The number of aromatic nitrogens is 1. The first-order chi connectivity index (χ1) is 8.58. The molecule has 1 aromatic rings. The third-order valence-corrected chi connectivity index (χ3v) is 3.16. The van der Waals surface area contributed by atoms with E-state index in [1.54, 1.807) is 0 Å². The summed E-state index contributed by atoms with van der Waals surface area (Å²) >= 11 is 1.26. The van der Waals surface area contributed by atoms with Crippen LogP contribution in [0.1, 0.15) is 30.4 Å². The van der Waals surface area contributed by atoms with Crippen molar-refractivity contribution in [2.75, 3.05) is 30.8 Å². The van der Waals surface area contributed by atoms with Gasteiger partial charge in [-0.15, -0.1) is 0 Å². The molecular formula is C11H20N4O2S. The highest BCUT2D eigenvalue weighted by molar-refractivity contribution is 7.18. The summed E-state index contributed by atoms with van der Waals surface area (Å²) in [5.41, 5.74) is 5.72. The summed E-state index contributed by atoms with van der Waals surface area (Å²) in [6.07, 6.45) is 0. The molecule has 7 heteroatoms. The van der Waals surface area contributed by atoms with Crippen LogP contribution in [0.15, 0.2) is 0 Å². The molecule has 1 rings (SSSR count). The molecule has 0 spiro atoms. The first-order valence-corrected chi connectivity index (χ1v) is 6.78. The number of carbonyl (C=O) groups is 1. The number of rotatable bonds is 7. The van der Waals surface area contributed by atoms with Gasteiger partial charge in [0.15, 0.2) is 5.13 Å². The van der Waals surface area contributed by atoms with Crippen LogP contribution in [0.25, 0.3) is 0 Å². The summed E-state index contributed by atoms with van der Waals surface area (Å²) < 4.78 is 5.24. The number of hydrogen-bond acceptors (Lipinski definition) is 6. The quantitative estimate of drug-likeness (QED) is 0.696. The van der Waals surface area contributed by atoms with Crippen molar-refractivity contribution in [3.63, 3.8) is 0 Å². The van der Waals surface area contributed by atoms with Crippen molar-refractivity contribution in [1.29, 1.82) is 0 Å². The highest BCUT2D eigenvalue weighted by atomic mass is 32.1. The van der Waals surface area contributed by atoms with Crippen LogP contribution in [0.2, 0.25) is 0 Å². The van der Waals surface area contributed by atoms with E-state index in [-0.39, 0.29) is 17.8 Å². The van der Waals surface area contributed by atoms with Crippen LogP contribution in [0.3, 0.4) is 0 Å². The number of nitrogens with one attached hydrogen (secondary N) is 2. The van der Waals surface area contributed by atoms with Gasteiger partial charge in [0.05, 0.1) is 6.61 Å². The van der Waals surface area contributed by atoms with Gasteiger partial charge >= 0.3 is 0 Å². The normalized spacial score (nSPS) is 12.2. The summed E-state index contributed by atoms with van der Waals surface area (Å²) in [6, 6.07) is -0.0541.